The summed E-state index contributed by atoms with van der Waals surface area (Å²) < 4.78 is 0.991. The zero-order valence-electron chi connectivity index (χ0n) is 8.01. The maximum absolute atomic E-state index is 10.6. The fourth-order valence-electron chi connectivity index (χ4n) is 1.19. The van der Waals surface area contributed by atoms with Gasteiger partial charge in [-0.2, -0.15) is 9.90 Å². The molecule has 5 heteroatoms. The molecule has 2 rings (SSSR count). The van der Waals surface area contributed by atoms with Gasteiger partial charge in [0.1, 0.15) is 5.69 Å². The van der Waals surface area contributed by atoms with Gasteiger partial charge in [-0.25, -0.2) is 0 Å². The topological polar surface area (TPSA) is 47.8 Å². The van der Waals surface area contributed by atoms with E-state index in [1.807, 2.05) is 24.3 Å². The van der Waals surface area contributed by atoms with E-state index in [4.69, 9.17) is 0 Å². The van der Waals surface area contributed by atoms with Gasteiger partial charge in [0.2, 0.25) is 0 Å². The Hall–Kier alpha value is -1.49. The number of hydrogen-bond acceptors (Lipinski definition) is 3. The molecule has 0 saturated heterocycles. The molecule has 1 aromatic carbocycles. The summed E-state index contributed by atoms with van der Waals surface area (Å²) in [6.45, 7) is 1.76. The Bertz CT molecular complexity index is 490. The second-order valence-electron chi connectivity index (χ2n) is 3.05. The number of rotatable bonds is 2. The first-order valence-electron chi connectivity index (χ1n) is 4.36. The molecule has 0 aliphatic rings. The van der Waals surface area contributed by atoms with Crippen molar-refractivity contribution in [2.75, 3.05) is 0 Å². The van der Waals surface area contributed by atoms with Crippen LogP contribution < -0.4 is 0 Å². The molecule has 0 fully saturated rings. The second kappa shape index (κ2) is 3.94. The first kappa shape index (κ1) is 10.0. The normalized spacial score (nSPS) is 10.3. The molecule has 15 heavy (non-hydrogen) atoms. The second-order valence-corrected chi connectivity index (χ2v) is 3.97. The third-order valence-electron chi connectivity index (χ3n) is 1.99. The molecule has 1 aromatic heterocycles. The van der Waals surface area contributed by atoms with Crippen LogP contribution >= 0.6 is 15.9 Å². The zero-order chi connectivity index (χ0) is 10.8. The van der Waals surface area contributed by atoms with E-state index in [1.54, 1.807) is 6.92 Å². The molecule has 0 radical (unpaired) electrons. The van der Waals surface area contributed by atoms with Crippen LogP contribution in [0, 0.1) is 6.92 Å². The van der Waals surface area contributed by atoms with E-state index in [0.717, 1.165) is 10.2 Å². The molecule has 1 heterocycles. The molecular weight excluding hydrogens is 258 g/mol. The molecule has 0 unspecified atom stereocenters. The Morgan fingerprint density at radius 3 is 2.47 bits per heavy atom. The molecule has 0 atom stereocenters. The van der Waals surface area contributed by atoms with E-state index in [1.165, 1.54) is 4.80 Å². The van der Waals surface area contributed by atoms with Crippen molar-refractivity contribution in [3.8, 4) is 5.69 Å². The van der Waals surface area contributed by atoms with Gasteiger partial charge >= 0.3 is 0 Å². The minimum absolute atomic E-state index is 0.373. The SMILES string of the molecule is Cc1nn(-c2ccc(Br)cc2)nc1C=O. The number of aryl methyl sites for hydroxylation is 1. The lowest BCUT2D eigenvalue weighted by Gasteiger charge is -1.98. The number of aromatic nitrogens is 3. The lowest BCUT2D eigenvalue weighted by Crippen LogP contribution is -1.98. The van der Waals surface area contributed by atoms with Gasteiger partial charge in [0.05, 0.1) is 11.4 Å². The molecule has 2 aromatic rings. The van der Waals surface area contributed by atoms with Crippen molar-refractivity contribution in [1.29, 1.82) is 0 Å². The van der Waals surface area contributed by atoms with Crippen molar-refractivity contribution in [2.45, 2.75) is 6.92 Å². The van der Waals surface area contributed by atoms with Crippen molar-refractivity contribution in [3.05, 3.63) is 40.1 Å². The van der Waals surface area contributed by atoms with Crippen molar-refractivity contribution < 1.29 is 4.79 Å². The smallest absolute Gasteiger partial charge is 0.172 e. The van der Waals surface area contributed by atoms with Crippen LogP contribution in [-0.4, -0.2) is 21.3 Å². The highest BCUT2D eigenvalue weighted by atomic mass is 79.9. The van der Waals surface area contributed by atoms with Crippen molar-refractivity contribution in [3.63, 3.8) is 0 Å². The fourth-order valence-corrected chi connectivity index (χ4v) is 1.45. The number of aldehydes is 1. The van der Waals surface area contributed by atoms with Crippen LogP contribution in [0.1, 0.15) is 16.2 Å². The summed E-state index contributed by atoms with van der Waals surface area (Å²) >= 11 is 3.35. The highest BCUT2D eigenvalue weighted by Crippen LogP contribution is 2.13. The van der Waals surface area contributed by atoms with E-state index < -0.39 is 0 Å². The molecule has 0 saturated carbocycles. The van der Waals surface area contributed by atoms with E-state index in [0.29, 0.717) is 17.7 Å². The van der Waals surface area contributed by atoms with Crippen LogP contribution in [0.3, 0.4) is 0 Å². The first-order valence-corrected chi connectivity index (χ1v) is 5.15. The van der Waals surface area contributed by atoms with Gasteiger partial charge in [0, 0.05) is 4.47 Å². The minimum Gasteiger partial charge on any atom is -0.296 e. The first-order chi connectivity index (χ1) is 7.20. The number of carbonyl (C=O) groups is 1. The molecular formula is C10H8BrN3O. The summed E-state index contributed by atoms with van der Waals surface area (Å²) in [6.07, 6.45) is 0.706. The van der Waals surface area contributed by atoms with Gasteiger partial charge in [-0.1, -0.05) is 15.9 Å². The molecule has 0 aliphatic heterocycles. The maximum Gasteiger partial charge on any atom is 0.172 e. The predicted octanol–water partition coefficient (Wildman–Crippen LogP) is 2.15. The van der Waals surface area contributed by atoms with Crippen LogP contribution in [0.4, 0.5) is 0 Å². The van der Waals surface area contributed by atoms with Crippen molar-refractivity contribution in [1.82, 2.24) is 15.0 Å². The largest absolute Gasteiger partial charge is 0.296 e. The van der Waals surface area contributed by atoms with Gasteiger partial charge in [-0.15, -0.1) is 5.10 Å². The van der Waals surface area contributed by atoms with Gasteiger partial charge in [0.15, 0.2) is 6.29 Å². The molecule has 4 nitrogen and oxygen atoms in total. The molecule has 76 valence electrons. The highest BCUT2D eigenvalue weighted by molar-refractivity contribution is 9.10. The van der Waals surface area contributed by atoms with E-state index >= 15 is 0 Å². The summed E-state index contributed by atoms with van der Waals surface area (Å²) in [5.41, 5.74) is 1.83. The molecule has 0 amide bonds. The third kappa shape index (κ3) is 1.97. The summed E-state index contributed by atoms with van der Waals surface area (Å²) in [6, 6.07) is 7.54. The van der Waals surface area contributed by atoms with Crippen LogP contribution in [0.5, 0.6) is 0 Å². The van der Waals surface area contributed by atoms with Crippen LogP contribution in [0.25, 0.3) is 5.69 Å². The lowest BCUT2D eigenvalue weighted by molar-refractivity contribution is 0.111. The number of benzene rings is 1. The van der Waals surface area contributed by atoms with E-state index in [-0.39, 0.29) is 0 Å². The van der Waals surface area contributed by atoms with Crippen LogP contribution in [0.2, 0.25) is 0 Å². The van der Waals surface area contributed by atoms with E-state index in [9.17, 15) is 4.79 Å². The molecule has 0 bridgehead atoms. The van der Waals surface area contributed by atoms with Crippen molar-refractivity contribution >= 4 is 22.2 Å². The summed E-state index contributed by atoms with van der Waals surface area (Å²) in [5, 5.41) is 8.19. The Morgan fingerprint density at radius 2 is 1.93 bits per heavy atom. The molecule has 0 spiro atoms. The molecule has 0 aliphatic carbocycles. The summed E-state index contributed by atoms with van der Waals surface area (Å²) in [7, 11) is 0. The Labute approximate surface area is 95.0 Å². The average Bonchev–Trinajstić information content (AvgIpc) is 2.61. The fraction of sp³-hybridized carbons (Fsp3) is 0.100. The monoisotopic (exact) mass is 265 g/mol. The number of hydrogen-bond donors (Lipinski definition) is 0. The zero-order valence-corrected chi connectivity index (χ0v) is 9.60. The standard InChI is InChI=1S/C10H8BrN3O/c1-7-10(6-15)13-14(12-7)9-4-2-8(11)3-5-9/h2-6H,1H3. The number of carbonyl (C=O) groups excluding carboxylic acids is 1. The van der Waals surface area contributed by atoms with Crippen LogP contribution in [0.15, 0.2) is 28.7 Å². The average molecular weight is 266 g/mol. The third-order valence-corrected chi connectivity index (χ3v) is 2.52. The van der Waals surface area contributed by atoms with Gasteiger partial charge in [-0.05, 0) is 31.2 Å². The lowest BCUT2D eigenvalue weighted by atomic mass is 10.3. The minimum atomic E-state index is 0.373. The summed E-state index contributed by atoms with van der Waals surface area (Å²) in [4.78, 5) is 12.1. The Morgan fingerprint density at radius 1 is 1.27 bits per heavy atom. The highest BCUT2D eigenvalue weighted by Gasteiger charge is 2.06. The van der Waals surface area contributed by atoms with Crippen molar-refractivity contribution in [2.24, 2.45) is 0 Å². The Balaban J connectivity index is 2.45. The number of halogens is 1. The number of nitrogens with zero attached hydrogens (tertiary/aromatic N) is 3. The van der Waals surface area contributed by atoms with Crippen LogP contribution in [-0.2, 0) is 0 Å². The quantitative estimate of drug-likeness (QED) is 0.782. The maximum atomic E-state index is 10.6. The van der Waals surface area contributed by atoms with Gasteiger partial charge in [-0.3, -0.25) is 4.79 Å². The van der Waals surface area contributed by atoms with E-state index in [2.05, 4.69) is 26.1 Å². The van der Waals surface area contributed by atoms with Gasteiger partial charge in [0.25, 0.3) is 0 Å². The van der Waals surface area contributed by atoms with Gasteiger partial charge < -0.3 is 0 Å². The Kier molecular flexibility index (Phi) is 2.64. The summed E-state index contributed by atoms with van der Waals surface area (Å²) in [5.74, 6) is 0. The molecule has 0 N–H and O–H groups in total. The predicted molar refractivity (Wildman–Crippen MR) is 59.2 cm³/mol.